The summed E-state index contributed by atoms with van der Waals surface area (Å²) in [4.78, 5) is 24.8. The van der Waals surface area contributed by atoms with Gasteiger partial charge in [-0.15, -0.1) is 0 Å². The first-order valence-electron chi connectivity index (χ1n) is 9.00. The highest BCUT2D eigenvalue weighted by atomic mass is 16.2. The van der Waals surface area contributed by atoms with Gasteiger partial charge in [-0.1, -0.05) is 43.5 Å². The number of nitrogens with one attached hydrogen (secondary N) is 3. The van der Waals surface area contributed by atoms with Crippen LogP contribution in [-0.4, -0.2) is 30.6 Å². The number of carbonyl (C=O) groups excluding carboxylic acids is 2. The van der Waals surface area contributed by atoms with Crippen molar-refractivity contribution in [3.63, 3.8) is 0 Å². The summed E-state index contributed by atoms with van der Waals surface area (Å²) in [5.41, 5.74) is 1.95. The van der Waals surface area contributed by atoms with E-state index >= 15 is 0 Å². The molecule has 1 saturated carbocycles. The van der Waals surface area contributed by atoms with E-state index < -0.39 is 5.54 Å². The molecule has 0 aliphatic heterocycles. The van der Waals surface area contributed by atoms with Crippen LogP contribution in [0.3, 0.4) is 0 Å². The topological polar surface area (TPSA) is 70.2 Å². The number of likely N-dealkylation sites (N-methyl/N-ethyl adjacent to an activating group) is 1. The molecular weight excluding hydrogens is 302 g/mol. The SMILES string of the molecule is CNC(=O)C1(NC(=O)NC2CCc3ccccc3C2)CCCCC1. The van der Waals surface area contributed by atoms with Crippen molar-refractivity contribution in [2.24, 2.45) is 0 Å². The van der Waals surface area contributed by atoms with Crippen molar-refractivity contribution >= 4 is 11.9 Å². The van der Waals surface area contributed by atoms with Gasteiger partial charge in [-0.05, 0) is 43.2 Å². The molecule has 3 amide bonds. The first kappa shape index (κ1) is 16.8. The van der Waals surface area contributed by atoms with E-state index in [2.05, 4.69) is 34.1 Å². The van der Waals surface area contributed by atoms with E-state index in [-0.39, 0.29) is 18.0 Å². The second kappa shape index (κ2) is 7.24. The molecule has 1 unspecified atom stereocenters. The van der Waals surface area contributed by atoms with Gasteiger partial charge >= 0.3 is 6.03 Å². The molecule has 130 valence electrons. The zero-order valence-electron chi connectivity index (χ0n) is 14.4. The Kier molecular flexibility index (Phi) is 5.07. The summed E-state index contributed by atoms with van der Waals surface area (Å²) in [7, 11) is 1.64. The quantitative estimate of drug-likeness (QED) is 0.796. The number of hydrogen-bond donors (Lipinski definition) is 3. The third-order valence-electron chi connectivity index (χ3n) is 5.40. The Morgan fingerprint density at radius 2 is 1.79 bits per heavy atom. The summed E-state index contributed by atoms with van der Waals surface area (Å²) in [6, 6.07) is 8.32. The maximum Gasteiger partial charge on any atom is 0.315 e. The number of hydrogen-bond acceptors (Lipinski definition) is 2. The predicted octanol–water partition coefficient (Wildman–Crippen LogP) is 2.29. The van der Waals surface area contributed by atoms with Crippen LogP contribution in [-0.2, 0) is 17.6 Å². The standard InChI is InChI=1S/C19H27N3O2/c1-20-17(23)19(11-5-2-6-12-19)22-18(24)21-16-10-9-14-7-3-4-8-15(14)13-16/h3-4,7-8,16H,2,5-6,9-13H2,1H3,(H,20,23)(H2,21,22,24). The van der Waals surface area contributed by atoms with Crippen molar-refractivity contribution in [1.82, 2.24) is 16.0 Å². The molecule has 2 aliphatic rings. The number of carbonyl (C=O) groups is 2. The average Bonchev–Trinajstić information content (AvgIpc) is 2.61. The molecule has 24 heavy (non-hydrogen) atoms. The van der Waals surface area contributed by atoms with Crippen molar-refractivity contribution in [3.05, 3.63) is 35.4 Å². The lowest BCUT2D eigenvalue weighted by molar-refractivity contribution is -0.128. The lowest BCUT2D eigenvalue weighted by Gasteiger charge is -2.37. The molecule has 0 saturated heterocycles. The molecule has 1 aromatic carbocycles. The van der Waals surface area contributed by atoms with Crippen LogP contribution < -0.4 is 16.0 Å². The van der Waals surface area contributed by atoms with Crippen LogP contribution in [0.15, 0.2) is 24.3 Å². The maximum absolute atomic E-state index is 12.5. The molecular formula is C19H27N3O2. The summed E-state index contributed by atoms with van der Waals surface area (Å²) < 4.78 is 0. The Morgan fingerprint density at radius 3 is 2.50 bits per heavy atom. The monoisotopic (exact) mass is 329 g/mol. The van der Waals surface area contributed by atoms with E-state index in [1.165, 1.54) is 11.1 Å². The van der Waals surface area contributed by atoms with Gasteiger partial charge in [0.1, 0.15) is 5.54 Å². The van der Waals surface area contributed by atoms with Crippen molar-refractivity contribution < 1.29 is 9.59 Å². The smallest absolute Gasteiger partial charge is 0.315 e. The van der Waals surface area contributed by atoms with Crippen LogP contribution in [0.5, 0.6) is 0 Å². The zero-order chi connectivity index (χ0) is 17.0. The number of aryl methyl sites for hydroxylation is 1. The molecule has 0 radical (unpaired) electrons. The number of urea groups is 1. The van der Waals surface area contributed by atoms with Crippen LogP contribution in [0.25, 0.3) is 0 Å². The fourth-order valence-electron chi connectivity index (χ4n) is 4.06. The fourth-order valence-corrected chi connectivity index (χ4v) is 4.06. The lowest BCUT2D eigenvalue weighted by atomic mass is 9.81. The summed E-state index contributed by atoms with van der Waals surface area (Å²) >= 11 is 0. The van der Waals surface area contributed by atoms with Crippen LogP contribution in [0.1, 0.15) is 49.7 Å². The Balaban J connectivity index is 1.61. The number of amides is 3. The Hall–Kier alpha value is -2.04. The van der Waals surface area contributed by atoms with Crippen molar-refractivity contribution in [2.75, 3.05) is 7.05 Å². The highest BCUT2D eigenvalue weighted by molar-refractivity contribution is 5.91. The van der Waals surface area contributed by atoms with E-state index in [1.807, 2.05) is 6.07 Å². The molecule has 2 aliphatic carbocycles. The Morgan fingerprint density at radius 1 is 1.08 bits per heavy atom. The molecule has 0 heterocycles. The van der Waals surface area contributed by atoms with Gasteiger partial charge in [0, 0.05) is 13.1 Å². The van der Waals surface area contributed by atoms with Gasteiger partial charge in [0.25, 0.3) is 0 Å². The average molecular weight is 329 g/mol. The minimum Gasteiger partial charge on any atom is -0.357 e. The molecule has 0 aromatic heterocycles. The Bertz CT molecular complexity index is 608. The van der Waals surface area contributed by atoms with Crippen LogP contribution >= 0.6 is 0 Å². The molecule has 1 fully saturated rings. The minimum atomic E-state index is -0.746. The van der Waals surface area contributed by atoms with E-state index in [1.54, 1.807) is 7.05 Å². The van der Waals surface area contributed by atoms with E-state index in [0.717, 1.165) is 38.5 Å². The van der Waals surface area contributed by atoms with E-state index in [0.29, 0.717) is 12.8 Å². The normalized spacial score (nSPS) is 22.1. The summed E-state index contributed by atoms with van der Waals surface area (Å²) in [5.74, 6) is -0.0775. The molecule has 5 nitrogen and oxygen atoms in total. The number of rotatable bonds is 3. The van der Waals surface area contributed by atoms with Crippen molar-refractivity contribution in [2.45, 2.75) is 62.9 Å². The highest BCUT2D eigenvalue weighted by Crippen LogP contribution is 2.28. The van der Waals surface area contributed by atoms with Crippen LogP contribution in [0, 0.1) is 0 Å². The third-order valence-corrected chi connectivity index (χ3v) is 5.40. The van der Waals surface area contributed by atoms with Gasteiger partial charge in [0.2, 0.25) is 5.91 Å². The predicted molar refractivity (Wildman–Crippen MR) is 93.8 cm³/mol. The molecule has 5 heteroatoms. The first-order chi connectivity index (χ1) is 11.6. The fraction of sp³-hybridized carbons (Fsp3) is 0.579. The van der Waals surface area contributed by atoms with Gasteiger partial charge in [-0.25, -0.2) is 4.79 Å². The number of benzene rings is 1. The summed E-state index contributed by atoms with van der Waals surface area (Å²) in [6.07, 6.45) is 7.30. The van der Waals surface area contributed by atoms with Gasteiger partial charge in [0.15, 0.2) is 0 Å². The van der Waals surface area contributed by atoms with E-state index in [4.69, 9.17) is 0 Å². The van der Waals surface area contributed by atoms with Crippen molar-refractivity contribution in [3.8, 4) is 0 Å². The number of fused-ring (bicyclic) bond motifs is 1. The first-order valence-corrected chi connectivity index (χ1v) is 9.00. The molecule has 0 bridgehead atoms. The summed E-state index contributed by atoms with van der Waals surface area (Å²) in [5, 5.41) is 8.79. The molecule has 0 spiro atoms. The lowest BCUT2D eigenvalue weighted by Crippen LogP contribution is -2.62. The third kappa shape index (κ3) is 3.55. The molecule has 1 atom stereocenters. The minimum absolute atomic E-state index is 0.0775. The largest absolute Gasteiger partial charge is 0.357 e. The van der Waals surface area contributed by atoms with Crippen molar-refractivity contribution in [1.29, 1.82) is 0 Å². The second-order valence-corrected chi connectivity index (χ2v) is 7.03. The Labute approximate surface area is 143 Å². The molecule has 3 rings (SSSR count). The van der Waals surface area contributed by atoms with Gasteiger partial charge < -0.3 is 16.0 Å². The highest BCUT2D eigenvalue weighted by Gasteiger charge is 2.40. The second-order valence-electron chi connectivity index (χ2n) is 7.03. The van der Waals surface area contributed by atoms with Gasteiger partial charge in [-0.2, -0.15) is 0 Å². The van der Waals surface area contributed by atoms with Gasteiger partial charge in [0.05, 0.1) is 0 Å². The maximum atomic E-state index is 12.5. The zero-order valence-corrected chi connectivity index (χ0v) is 14.4. The molecule has 1 aromatic rings. The molecule has 3 N–H and O–H groups in total. The van der Waals surface area contributed by atoms with Gasteiger partial charge in [-0.3, -0.25) is 4.79 Å². The van der Waals surface area contributed by atoms with E-state index in [9.17, 15) is 9.59 Å². The van der Waals surface area contributed by atoms with Crippen LogP contribution in [0.4, 0.5) is 4.79 Å². The van der Waals surface area contributed by atoms with Crippen LogP contribution in [0.2, 0.25) is 0 Å². The summed E-state index contributed by atoms with van der Waals surface area (Å²) in [6.45, 7) is 0.